The third-order valence-electron chi connectivity index (χ3n) is 5.32. The van der Waals surface area contributed by atoms with Gasteiger partial charge in [-0.05, 0) is 23.3 Å². The molecule has 10 heteroatoms. The van der Waals surface area contributed by atoms with Crippen LogP contribution in [0.2, 0.25) is 5.15 Å². The lowest BCUT2D eigenvalue weighted by Crippen LogP contribution is -2.26. The zero-order valence-corrected chi connectivity index (χ0v) is 18.6. The van der Waals surface area contributed by atoms with Crippen LogP contribution >= 0.6 is 22.9 Å². The lowest BCUT2D eigenvalue weighted by Gasteiger charge is -2.08. The lowest BCUT2D eigenvalue weighted by molar-refractivity contribution is 0.0943. The number of fused-ring (bicyclic) bond motifs is 2. The van der Waals surface area contributed by atoms with Gasteiger partial charge in [-0.3, -0.25) is 9.89 Å². The number of carbonyl (C=O) groups is 1. The van der Waals surface area contributed by atoms with Gasteiger partial charge in [0, 0.05) is 43.4 Å². The number of thiazole rings is 1. The molecule has 0 aliphatic rings. The Bertz CT molecular complexity index is 1470. The molecule has 3 N–H and O–H groups in total. The molecule has 5 aromatic rings. The summed E-state index contributed by atoms with van der Waals surface area (Å²) in [6.07, 6.45) is 5.31. The van der Waals surface area contributed by atoms with Crippen LogP contribution in [-0.2, 0) is 20.0 Å². The summed E-state index contributed by atoms with van der Waals surface area (Å²) in [5, 5.41) is 20.2. The number of hydrogen-bond donors (Lipinski definition) is 3. The number of carbonyl (C=O) groups excluding carboxylic acids is 1. The molecule has 1 amide bonds. The van der Waals surface area contributed by atoms with E-state index in [2.05, 4.69) is 20.5 Å². The van der Waals surface area contributed by atoms with E-state index in [0.29, 0.717) is 35.0 Å². The first kappa shape index (κ1) is 20.3. The Morgan fingerprint density at radius 1 is 1.31 bits per heavy atom. The highest BCUT2D eigenvalue weighted by atomic mass is 35.5. The van der Waals surface area contributed by atoms with E-state index in [9.17, 15) is 4.79 Å². The van der Waals surface area contributed by atoms with Gasteiger partial charge in [-0.2, -0.15) is 5.10 Å². The summed E-state index contributed by atoms with van der Waals surface area (Å²) in [6, 6.07) is 9.48. The van der Waals surface area contributed by atoms with E-state index in [0.717, 1.165) is 31.7 Å². The summed E-state index contributed by atoms with van der Waals surface area (Å²) in [7, 11) is 1.80. The number of rotatable bonds is 6. The highest BCUT2D eigenvalue weighted by Gasteiger charge is 2.23. The smallest absolute Gasteiger partial charge is 0.268 e. The fourth-order valence-electron chi connectivity index (χ4n) is 3.76. The van der Waals surface area contributed by atoms with Gasteiger partial charge in [0.2, 0.25) is 0 Å². The zero-order valence-electron chi connectivity index (χ0n) is 17.0. The van der Waals surface area contributed by atoms with E-state index in [-0.39, 0.29) is 5.91 Å². The normalized spacial score (nSPS) is 11.3. The summed E-state index contributed by atoms with van der Waals surface area (Å²) < 4.78 is 2.57. The van der Waals surface area contributed by atoms with Gasteiger partial charge in [0.15, 0.2) is 5.65 Å². The Labute approximate surface area is 191 Å². The van der Waals surface area contributed by atoms with Crippen molar-refractivity contribution in [3.63, 3.8) is 0 Å². The zero-order chi connectivity index (χ0) is 22.2. The molecule has 0 bridgehead atoms. The summed E-state index contributed by atoms with van der Waals surface area (Å²) in [5.41, 5.74) is 4.56. The van der Waals surface area contributed by atoms with E-state index in [4.69, 9.17) is 22.0 Å². The minimum absolute atomic E-state index is 0.250. The molecule has 0 spiro atoms. The maximum absolute atomic E-state index is 13.1. The number of benzene rings is 1. The predicted octanol–water partition coefficient (Wildman–Crippen LogP) is 4.08. The quantitative estimate of drug-likeness (QED) is 0.260. The summed E-state index contributed by atoms with van der Waals surface area (Å²) in [5.74, 6) is -0.250. The molecule has 0 aliphatic heterocycles. The SMILES string of the molecule is Cn1c(C(=O)NCc2cccc3[nH]ncc23)c(C=N)c2sc(Cc3ccc(Cl)nc3)nc21. The molecule has 0 unspecified atom stereocenters. The van der Waals surface area contributed by atoms with Crippen LogP contribution in [0.5, 0.6) is 0 Å². The van der Waals surface area contributed by atoms with Crippen molar-refractivity contribution in [1.82, 2.24) is 30.0 Å². The van der Waals surface area contributed by atoms with Gasteiger partial charge in [-0.1, -0.05) is 29.8 Å². The Morgan fingerprint density at radius 2 is 2.19 bits per heavy atom. The fourth-order valence-corrected chi connectivity index (χ4v) is 5.02. The number of aryl methyl sites for hydroxylation is 1. The van der Waals surface area contributed by atoms with Gasteiger partial charge in [0.05, 0.1) is 16.4 Å². The highest BCUT2D eigenvalue weighted by molar-refractivity contribution is 7.19. The second kappa shape index (κ2) is 8.18. The van der Waals surface area contributed by atoms with Gasteiger partial charge < -0.3 is 15.3 Å². The Morgan fingerprint density at radius 3 is 2.97 bits per heavy atom. The molecule has 4 aromatic heterocycles. The van der Waals surface area contributed by atoms with Gasteiger partial charge in [0.25, 0.3) is 5.91 Å². The molecule has 8 nitrogen and oxygen atoms in total. The van der Waals surface area contributed by atoms with Gasteiger partial charge in [0.1, 0.15) is 15.9 Å². The lowest BCUT2D eigenvalue weighted by atomic mass is 10.1. The monoisotopic (exact) mass is 463 g/mol. The van der Waals surface area contributed by atoms with Crippen LogP contribution in [0.25, 0.3) is 21.3 Å². The first-order chi connectivity index (χ1) is 15.5. The summed E-state index contributed by atoms with van der Waals surface area (Å²) in [4.78, 5) is 21.9. The molecule has 5 rings (SSSR count). The number of amides is 1. The maximum atomic E-state index is 13.1. The first-order valence-electron chi connectivity index (χ1n) is 9.83. The number of H-pyrrole nitrogens is 1. The molecular weight excluding hydrogens is 446 g/mol. The molecule has 0 atom stereocenters. The van der Waals surface area contributed by atoms with E-state index in [1.165, 1.54) is 17.6 Å². The van der Waals surface area contributed by atoms with Gasteiger partial charge in [-0.25, -0.2) is 9.97 Å². The van der Waals surface area contributed by atoms with Crippen molar-refractivity contribution in [2.45, 2.75) is 13.0 Å². The number of nitrogens with zero attached hydrogens (tertiary/aromatic N) is 4. The molecule has 4 heterocycles. The Balaban J connectivity index is 1.42. The topological polar surface area (TPSA) is 112 Å². The van der Waals surface area contributed by atoms with Crippen LogP contribution in [-0.4, -0.2) is 36.9 Å². The van der Waals surface area contributed by atoms with Gasteiger partial charge >= 0.3 is 0 Å². The molecule has 0 saturated heterocycles. The predicted molar refractivity (Wildman–Crippen MR) is 126 cm³/mol. The minimum atomic E-state index is -0.250. The maximum Gasteiger partial charge on any atom is 0.268 e. The first-order valence-corrected chi connectivity index (χ1v) is 11.0. The van der Waals surface area contributed by atoms with Crippen LogP contribution < -0.4 is 5.32 Å². The standard InChI is InChI=1S/C22H18ClN7OS/c1-30-19(22(31)26-10-13-3-2-4-16-15(13)11-27-29-16)14(8-24)20-21(30)28-18(32-20)7-12-5-6-17(23)25-9-12/h2-6,8-9,11,24H,7,10H2,1H3,(H,26,31)(H,27,29). The third kappa shape index (κ3) is 3.55. The van der Waals surface area contributed by atoms with E-state index in [1.54, 1.807) is 30.1 Å². The minimum Gasteiger partial charge on any atom is -0.347 e. The number of aromatic nitrogens is 5. The molecule has 160 valence electrons. The highest BCUT2D eigenvalue weighted by Crippen LogP contribution is 2.31. The molecule has 0 fully saturated rings. The third-order valence-corrected chi connectivity index (χ3v) is 6.63. The van der Waals surface area contributed by atoms with Crippen LogP contribution in [0, 0.1) is 5.41 Å². The van der Waals surface area contributed by atoms with Crippen LogP contribution in [0.15, 0.2) is 42.7 Å². The number of aromatic amines is 1. The average Bonchev–Trinajstić information content (AvgIpc) is 3.49. The van der Waals surface area contributed by atoms with Crippen molar-refractivity contribution in [3.8, 4) is 0 Å². The van der Waals surface area contributed by atoms with Crippen LogP contribution in [0.4, 0.5) is 0 Å². The van der Waals surface area contributed by atoms with E-state index < -0.39 is 0 Å². The van der Waals surface area contributed by atoms with Crippen molar-refractivity contribution < 1.29 is 4.79 Å². The van der Waals surface area contributed by atoms with Crippen molar-refractivity contribution >= 4 is 56.3 Å². The fraction of sp³-hybridized carbons (Fsp3) is 0.136. The van der Waals surface area contributed by atoms with E-state index >= 15 is 0 Å². The molecule has 0 saturated carbocycles. The van der Waals surface area contributed by atoms with Crippen molar-refractivity contribution in [1.29, 1.82) is 5.41 Å². The van der Waals surface area contributed by atoms with Crippen molar-refractivity contribution in [2.75, 3.05) is 0 Å². The molecule has 0 aliphatic carbocycles. The number of nitrogens with one attached hydrogen (secondary N) is 3. The molecular formula is C22H18ClN7OS. The number of pyridine rings is 1. The second-order valence-electron chi connectivity index (χ2n) is 7.32. The number of halogens is 1. The molecule has 0 radical (unpaired) electrons. The van der Waals surface area contributed by atoms with Crippen molar-refractivity contribution in [2.24, 2.45) is 7.05 Å². The largest absolute Gasteiger partial charge is 0.347 e. The second-order valence-corrected chi connectivity index (χ2v) is 8.79. The van der Waals surface area contributed by atoms with Crippen LogP contribution in [0.3, 0.4) is 0 Å². The van der Waals surface area contributed by atoms with Crippen molar-refractivity contribution in [3.05, 3.63) is 75.3 Å². The number of hydrogen-bond acceptors (Lipinski definition) is 6. The van der Waals surface area contributed by atoms with E-state index in [1.807, 2.05) is 24.3 Å². The summed E-state index contributed by atoms with van der Waals surface area (Å²) in [6.45, 7) is 0.355. The van der Waals surface area contributed by atoms with Crippen LogP contribution in [0.1, 0.15) is 32.2 Å². The Kier molecular flexibility index (Phi) is 5.20. The molecule has 1 aromatic carbocycles. The van der Waals surface area contributed by atoms with Gasteiger partial charge in [-0.15, -0.1) is 11.3 Å². The average molecular weight is 464 g/mol. The summed E-state index contributed by atoms with van der Waals surface area (Å²) >= 11 is 7.34. The Hall–Kier alpha value is -3.56. The molecule has 32 heavy (non-hydrogen) atoms.